The van der Waals surface area contributed by atoms with E-state index in [2.05, 4.69) is 122 Å². The number of nitrogens with one attached hydrogen (secondary N) is 6. The molecule has 45 heteroatoms. The number of methoxy groups -OCH3 is 6. The second-order valence-electron chi connectivity index (χ2n) is 26.2. The van der Waals surface area contributed by atoms with Gasteiger partial charge >= 0.3 is 40.8 Å². The van der Waals surface area contributed by atoms with Gasteiger partial charge in [0.25, 0.3) is 5.91 Å². The van der Waals surface area contributed by atoms with Crippen molar-refractivity contribution < 1.29 is 103 Å². The van der Waals surface area contributed by atoms with Gasteiger partial charge in [0, 0.05) is 90.1 Å². The van der Waals surface area contributed by atoms with Crippen molar-refractivity contribution in [1.29, 1.82) is 15.8 Å². The van der Waals surface area contributed by atoms with Crippen molar-refractivity contribution in [3.63, 3.8) is 0 Å². The number of benzene rings is 5. The molecule has 5 atom stereocenters. The third-order valence-corrected chi connectivity index (χ3v) is 16.3. The minimum atomic E-state index is -3.22. The normalized spacial score (nSPS) is 12.4. The summed E-state index contributed by atoms with van der Waals surface area (Å²) in [5.41, 5.74) is 19.5. The summed E-state index contributed by atoms with van der Waals surface area (Å²) in [6.07, 6.45) is 13.6. The number of anilines is 4. The van der Waals surface area contributed by atoms with Crippen LogP contribution in [0.3, 0.4) is 0 Å². The van der Waals surface area contributed by atoms with Gasteiger partial charge in [0.05, 0.1) is 120 Å². The average Bonchev–Trinajstić information content (AvgIpc) is 1.43. The van der Waals surface area contributed by atoms with Crippen LogP contribution in [0.4, 0.5) is 46.8 Å². The highest BCUT2D eigenvalue weighted by Gasteiger charge is 2.27. The summed E-state index contributed by atoms with van der Waals surface area (Å²) in [4.78, 5) is 106. The highest BCUT2D eigenvalue weighted by molar-refractivity contribution is 8.24. The lowest BCUT2D eigenvalue weighted by molar-refractivity contribution is -0.140. The number of alkyl carbamates (subject to hydrolysis) is 3. The van der Waals surface area contributed by atoms with Crippen molar-refractivity contribution in [3.8, 4) is 40.7 Å². The molecule has 688 valence electrons. The molecule has 2 aliphatic carbocycles. The van der Waals surface area contributed by atoms with Crippen LogP contribution in [0.2, 0.25) is 0 Å². The SMILES string of the molecule is COC(=O)Cl.COC[C@@H](C#N)NC(=O)OCc1ccccc1.COC[C@@H](C#N)NC(=O)c1ccc(-c2nc(Nc3cnn(C4CC4)c3)ncc2C)cc1.COC[C@H](N)C#N.COC[C@H](NC(=O)OCc1ccccc1)C(=O)O.COC[C@H](NC(=O)OCc1ccccc1)C(N)=O.Cc1cnc(Nc2cnn(C3CC3)c2)nc1-c1ccc(C(=O)O)cc1.O=P(Cl)(Cl)Cl.[2H]CF.[HH]. The van der Waals surface area contributed by atoms with Gasteiger partial charge in [-0.15, -0.1) is 0 Å². The topological polar surface area (TPSA) is 560 Å². The number of carboxylic acids is 2. The number of aliphatic carboxylic acids is 1. The molecule has 2 saturated carbocycles. The molecule has 0 bridgehead atoms. The number of aryl methyl sites for hydroxylation is 2. The van der Waals surface area contributed by atoms with Gasteiger partial charge in [0.1, 0.15) is 44.0 Å². The maximum absolute atomic E-state index is 12.4. The fraction of sp³-hybridized carbons (Fsp3) is 0.337. The van der Waals surface area contributed by atoms with Gasteiger partial charge in [-0.3, -0.25) is 27.9 Å². The number of halogens is 5. The number of aromatic nitrogens is 8. The van der Waals surface area contributed by atoms with Crippen molar-refractivity contribution in [3.05, 3.63) is 216 Å². The number of primary amides is 1. The summed E-state index contributed by atoms with van der Waals surface area (Å²) in [7, 11) is 7.44. The third kappa shape index (κ3) is 46.3. The van der Waals surface area contributed by atoms with E-state index in [9.17, 15) is 47.3 Å². The van der Waals surface area contributed by atoms with E-state index in [1.165, 1.54) is 68.3 Å². The smallest absolute Gasteiger partial charge is 0.408 e. The van der Waals surface area contributed by atoms with Crippen LogP contribution in [0.5, 0.6) is 0 Å². The first-order valence-corrected chi connectivity index (χ1v) is 42.6. The first-order valence-electron chi connectivity index (χ1n) is 38.5. The van der Waals surface area contributed by atoms with E-state index in [4.69, 9.17) is 67.3 Å². The fourth-order valence-electron chi connectivity index (χ4n) is 9.72. The summed E-state index contributed by atoms with van der Waals surface area (Å²) < 4.78 is 71.3. The number of carboxylic acid groups (broad SMARTS) is 2. The highest BCUT2D eigenvalue weighted by atomic mass is 36.0. The highest BCUT2D eigenvalue weighted by Crippen LogP contribution is 2.61. The Bertz CT molecular complexity index is 5000. The number of ether oxygens (including phenoxy) is 9. The predicted octanol–water partition coefficient (Wildman–Crippen LogP) is 13.4. The van der Waals surface area contributed by atoms with Crippen LogP contribution >= 0.6 is 50.5 Å². The number of hydrogen-bond donors (Lipinski definition) is 10. The van der Waals surface area contributed by atoms with Gasteiger partial charge in [-0.1, -0.05) is 115 Å². The molecule has 12 N–H and O–H groups in total. The number of nitrogens with two attached hydrogens (primary N) is 2. The van der Waals surface area contributed by atoms with Crippen LogP contribution in [0.15, 0.2) is 177 Å². The Morgan fingerprint density at radius 3 is 1.20 bits per heavy atom. The number of carbonyl (C=O) groups excluding carboxylic acids is 6. The first kappa shape index (κ1) is 107. The Morgan fingerprint density at radius 1 is 0.547 bits per heavy atom. The summed E-state index contributed by atoms with van der Waals surface area (Å²) in [6.45, 7) is 4.74. The Morgan fingerprint density at radius 2 is 0.891 bits per heavy atom. The van der Waals surface area contributed by atoms with Gasteiger partial charge in [0.15, 0.2) is 6.04 Å². The number of aromatic carboxylic acids is 1. The van der Waals surface area contributed by atoms with Crippen LogP contribution < -0.4 is 43.4 Å². The van der Waals surface area contributed by atoms with Crippen LogP contribution in [0.25, 0.3) is 22.5 Å². The summed E-state index contributed by atoms with van der Waals surface area (Å²) in [5.74, 6) is -2.15. The number of alkyl halides is 1. The maximum Gasteiger partial charge on any atom is 0.408 e. The number of rotatable bonds is 32. The zero-order valence-corrected chi connectivity index (χ0v) is 74.5. The molecule has 39 nitrogen and oxygen atoms in total. The van der Waals surface area contributed by atoms with Crippen LogP contribution in [0.1, 0.15) is 89.1 Å². The molecular formula is C83H101Cl4FN19O20P. The van der Waals surface area contributed by atoms with E-state index in [1.807, 2.05) is 145 Å². The van der Waals surface area contributed by atoms with Gasteiger partial charge < -0.3 is 96.2 Å². The van der Waals surface area contributed by atoms with Gasteiger partial charge in [-0.2, -0.15) is 26.0 Å². The largest absolute Gasteiger partial charge is 0.480 e. The molecule has 0 radical (unpaired) electrons. The summed E-state index contributed by atoms with van der Waals surface area (Å²) in [5, 5.41) is 65.0. The van der Waals surface area contributed by atoms with E-state index in [-0.39, 0.29) is 59.1 Å². The lowest BCUT2D eigenvalue weighted by Crippen LogP contribution is -2.47. The van der Waals surface area contributed by atoms with Crippen LogP contribution in [-0.4, -0.2) is 210 Å². The summed E-state index contributed by atoms with van der Waals surface area (Å²) >= 11 is 18.5. The molecule has 0 saturated heterocycles. The Labute approximate surface area is 759 Å². The van der Waals surface area contributed by atoms with Crippen LogP contribution in [-0.2, 0) is 76.6 Å². The van der Waals surface area contributed by atoms with Crippen molar-refractivity contribution in [2.24, 2.45) is 11.5 Å². The first-order chi connectivity index (χ1) is 61.7. The Hall–Kier alpha value is -13.0. The molecule has 4 heterocycles. The van der Waals surface area contributed by atoms with Crippen molar-refractivity contribution >= 4 is 121 Å². The van der Waals surface area contributed by atoms with E-state index in [0.29, 0.717) is 36.2 Å². The second-order valence-corrected chi connectivity index (χ2v) is 33.1. The predicted molar refractivity (Wildman–Crippen MR) is 474 cm³/mol. The third-order valence-electron chi connectivity index (χ3n) is 16.1. The molecule has 0 spiro atoms. The number of nitriles is 3. The molecule has 11 rings (SSSR count). The zero-order chi connectivity index (χ0) is 95.6. The lowest BCUT2D eigenvalue weighted by atomic mass is 10.1. The molecule has 5 aromatic carbocycles. The van der Waals surface area contributed by atoms with Crippen LogP contribution in [0, 0.1) is 47.8 Å². The maximum atomic E-state index is 12.4. The van der Waals surface area contributed by atoms with Crippen molar-refractivity contribution in [1.82, 2.24) is 60.8 Å². The van der Waals surface area contributed by atoms with Gasteiger partial charge in [0.2, 0.25) is 17.8 Å². The molecular weight excluding hydrogens is 1770 g/mol. The standard InChI is InChI=1S/C22H23N7O2.C18H17N5O2.C12H16N2O4.C12H14N2O3.C12H15NO5.C4H8N2O.C2H3ClO2.CH3F.Cl3OP.H2/c1-14-10-24-22(27-18-11-25-29(12-18)19-7-8-19)28-20(14)15-3-5-16(6-4-15)21(30)26-17(9-23)13-31-2;1-11-8-19-18(21-14-9-20-23(10-14)15-6-7-15)22-16(11)12-2-4-13(5-3-12)17(24)25;1-17-8-10(11(13)15)14-12(16)18-7-9-5-3-2-4-6-9;1-16-9-11(7-13)14-12(15)17-8-10-5-3-2-4-6-10;1-17-8-10(11(14)15)13-12(16)18-7-9-5-3-2-4-6-9;1-7-3-4(6)2-5;1-5-2(3)4;1-2;1-5(2,3)4;/h3-6,10-12,17,19H,7-8,13H2,1-2H3,(H,26,30)(H,24,27,28);2-5,8-10,15H,6-7H2,1H3,(H,24,25)(H,19,21,22);2-6,10H,7-8H2,1H3,(H2,13,15)(H,14,16);2-6,11H,8-9H2,1H3,(H,14,15);2-6,10H,7-8H2,1H3,(H,13,16)(H,14,15);4H,3,6H2,1H3;1H3;1H3;;1H/t17-;;10-;11-;10-;4-;;;;/m1.0101..../s1/i;;;;;;;1D;;. The van der Waals surface area contributed by atoms with E-state index in [0.717, 1.165) is 61.7 Å². The number of carbonyl (C=O) groups is 8. The van der Waals surface area contributed by atoms with E-state index in [1.54, 1.807) is 73.3 Å². The zero-order valence-electron chi connectivity index (χ0n) is 71.6. The van der Waals surface area contributed by atoms with Crippen molar-refractivity contribution in [2.75, 3.05) is 93.5 Å². The van der Waals surface area contributed by atoms with E-state index < -0.39 is 84.1 Å². The quantitative estimate of drug-likeness (QED) is 0.0106. The molecule has 4 aromatic heterocycles. The van der Waals surface area contributed by atoms with E-state index >= 15 is 0 Å². The molecule has 9 aromatic rings. The minimum absolute atomic E-state index is 0. The van der Waals surface area contributed by atoms with Gasteiger partial charge in [-0.25, -0.2) is 48.7 Å². The Kier molecular flexibility index (Phi) is 51.5. The number of nitrogens with zero attached hydrogens (tertiary/aromatic N) is 11. The number of hydrogen-bond acceptors (Lipinski definition) is 30. The Balaban J connectivity index is 0.000000529. The molecule has 2 aliphatic rings. The summed E-state index contributed by atoms with van der Waals surface area (Å²) in [6, 6.07) is 44.2. The molecule has 2 fully saturated rings. The molecule has 5 amide bonds. The molecule has 0 unspecified atom stereocenters. The second kappa shape index (κ2) is 61.4. The van der Waals surface area contributed by atoms with Crippen molar-refractivity contribution in [2.45, 2.75) is 102 Å². The minimum Gasteiger partial charge on any atom is -0.480 e. The molecule has 128 heavy (non-hydrogen) atoms. The fourth-order valence-corrected chi connectivity index (χ4v) is 9.72. The average molecular weight is 1880 g/mol. The monoisotopic (exact) mass is 1870 g/mol. The van der Waals surface area contributed by atoms with Gasteiger partial charge in [-0.05, 0) is 125 Å². The number of amides is 5. The molecule has 0 aliphatic heterocycles. The lowest BCUT2D eigenvalue weighted by Gasteiger charge is -2.14.